The Balaban J connectivity index is 2.05. The van der Waals surface area contributed by atoms with Gasteiger partial charge in [-0.2, -0.15) is 4.39 Å². The number of nitrogens with one attached hydrogen (secondary N) is 1. The molecule has 3 aromatic rings. The number of halogens is 1. The maximum absolute atomic E-state index is 12.9. The Labute approximate surface area is 110 Å². The van der Waals surface area contributed by atoms with Crippen LogP contribution in [0.15, 0.2) is 22.3 Å². The second-order valence-corrected chi connectivity index (χ2v) is 5.97. The van der Waals surface area contributed by atoms with Crippen molar-refractivity contribution >= 4 is 32.9 Å². The fourth-order valence-electron chi connectivity index (χ4n) is 1.83. The normalized spacial score (nSPS) is 11.2. The summed E-state index contributed by atoms with van der Waals surface area (Å²) in [5.41, 5.74) is 0.822. The van der Waals surface area contributed by atoms with E-state index in [1.807, 2.05) is 12.3 Å². The summed E-state index contributed by atoms with van der Waals surface area (Å²) in [7, 11) is 0. The van der Waals surface area contributed by atoms with Crippen molar-refractivity contribution < 1.29 is 4.39 Å². The molecule has 1 N–H and O–H groups in total. The van der Waals surface area contributed by atoms with Gasteiger partial charge in [-0.25, -0.2) is 4.98 Å². The van der Waals surface area contributed by atoms with Crippen LogP contribution >= 0.6 is 22.7 Å². The summed E-state index contributed by atoms with van der Waals surface area (Å²) in [5, 5.41) is 2.35. The molecule has 0 fully saturated rings. The number of rotatable bonds is 2. The zero-order valence-corrected chi connectivity index (χ0v) is 11.1. The van der Waals surface area contributed by atoms with E-state index in [0.29, 0.717) is 17.6 Å². The summed E-state index contributed by atoms with van der Waals surface area (Å²) in [6.07, 6.45) is 0.455. The Morgan fingerprint density at radius 3 is 3.00 bits per heavy atom. The highest BCUT2D eigenvalue weighted by molar-refractivity contribution is 7.16. The van der Waals surface area contributed by atoms with Gasteiger partial charge in [0.25, 0.3) is 5.56 Å². The molecule has 0 bridgehead atoms. The second-order valence-electron chi connectivity index (χ2n) is 3.99. The monoisotopic (exact) mass is 280 g/mol. The van der Waals surface area contributed by atoms with Crippen molar-refractivity contribution in [3.05, 3.63) is 49.3 Å². The Hall–Kier alpha value is -1.53. The largest absolute Gasteiger partial charge is 0.310 e. The SMILES string of the molecule is Cc1csc2nc(Cc3ccc(F)s3)[nH]c(=O)c12. The fourth-order valence-corrected chi connectivity index (χ4v) is 3.50. The first-order chi connectivity index (χ1) is 8.63. The molecule has 0 aliphatic carbocycles. The van der Waals surface area contributed by atoms with Crippen LogP contribution in [0.25, 0.3) is 10.2 Å². The van der Waals surface area contributed by atoms with Crippen LogP contribution in [0.1, 0.15) is 16.3 Å². The minimum Gasteiger partial charge on any atom is -0.310 e. The third-order valence-electron chi connectivity index (χ3n) is 2.65. The molecular formula is C12H9FN2OS2. The third-order valence-corrected chi connectivity index (χ3v) is 4.51. The number of hydrogen-bond donors (Lipinski definition) is 1. The lowest BCUT2D eigenvalue weighted by atomic mass is 10.2. The molecule has 92 valence electrons. The maximum atomic E-state index is 12.9. The van der Waals surface area contributed by atoms with Gasteiger partial charge in [0.15, 0.2) is 5.13 Å². The van der Waals surface area contributed by atoms with E-state index in [9.17, 15) is 9.18 Å². The van der Waals surface area contributed by atoms with Crippen LogP contribution in [-0.2, 0) is 6.42 Å². The van der Waals surface area contributed by atoms with Crippen LogP contribution in [0.2, 0.25) is 0 Å². The number of aromatic nitrogens is 2. The van der Waals surface area contributed by atoms with Crippen molar-refractivity contribution in [3.8, 4) is 0 Å². The number of aromatic amines is 1. The van der Waals surface area contributed by atoms with E-state index in [-0.39, 0.29) is 10.7 Å². The molecule has 3 rings (SSSR count). The molecule has 0 aliphatic heterocycles. The summed E-state index contributed by atoms with van der Waals surface area (Å²) in [5.74, 6) is 0.580. The van der Waals surface area contributed by atoms with E-state index in [1.165, 1.54) is 17.4 Å². The van der Waals surface area contributed by atoms with Gasteiger partial charge in [-0.15, -0.1) is 22.7 Å². The van der Waals surface area contributed by atoms with Crippen molar-refractivity contribution in [2.45, 2.75) is 13.3 Å². The number of H-pyrrole nitrogens is 1. The van der Waals surface area contributed by atoms with Crippen LogP contribution in [0.5, 0.6) is 0 Å². The van der Waals surface area contributed by atoms with E-state index in [2.05, 4.69) is 9.97 Å². The predicted octanol–water partition coefficient (Wildman–Crippen LogP) is 3.08. The highest BCUT2D eigenvalue weighted by Crippen LogP contribution is 2.21. The second kappa shape index (κ2) is 4.29. The summed E-state index contributed by atoms with van der Waals surface area (Å²) in [4.78, 5) is 20.7. The predicted molar refractivity (Wildman–Crippen MR) is 72.1 cm³/mol. The highest BCUT2D eigenvalue weighted by atomic mass is 32.1. The molecule has 0 unspecified atom stereocenters. The topological polar surface area (TPSA) is 45.8 Å². The third kappa shape index (κ3) is 1.97. The smallest absolute Gasteiger partial charge is 0.259 e. The molecule has 18 heavy (non-hydrogen) atoms. The zero-order valence-electron chi connectivity index (χ0n) is 9.49. The fraction of sp³-hybridized carbons (Fsp3) is 0.167. The molecular weight excluding hydrogens is 271 g/mol. The molecule has 0 spiro atoms. The maximum Gasteiger partial charge on any atom is 0.259 e. The Kier molecular flexibility index (Phi) is 2.76. The van der Waals surface area contributed by atoms with Gasteiger partial charge in [0.2, 0.25) is 0 Å². The standard InChI is InChI=1S/C12H9FN2OS2/c1-6-5-17-12-10(6)11(16)14-9(15-12)4-7-2-3-8(13)18-7/h2-3,5H,4H2,1H3,(H,14,15,16). The average molecular weight is 280 g/mol. The Morgan fingerprint density at radius 2 is 2.28 bits per heavy atom. The summed E-state index contributed by atoms with van der Waals surface area (Å²) in [6.45, 7) is 1.89. The van der Waals surface area contributed by atoms with Gasteiger partial charge < -0.3 is 4.98 Å². The summed E-state index contributed by atoms with van der Waals surface area (Å²) >= 11 is 2.53. The van der Waals surface area contributed by atoms with E-state index < -0.39 is 0 Å². The number of hydrogen-bond acceptors (Lipinski definition) is 4. The van der Waals surface area contributed by atoms with E-state index in [1.54, 1.807) is 6.07 Å². The van der Waals surface area contributed by atoms with E-state index in [0.717, 1.165) is 26.6 Å². The minimum absolute atomic E-state index is 0.120. The quantitative estimate of drug-likeness (QED) is 0.784. The van der Waals surface area contributed by atoms with Crippen LogP contribution in [0.3, 0.4) is 0 Å². The lowest BCUT2D eigenvalue weighted by molar-refractivity contribution is 0.657. The van der Waals surface area contributed by atoms with E-state index in [4.69, 9.17) is 0 Å². The van der Waals surface area contributed by atoms with Gasteiger partial charge in [-0.3, -0.25) is 4.79 Å². The minimum atomic E-state index is -0.222. The molecule has 6 heteroatoms. The van der Waals surface area contributed by atoms with Crippen molar-refractivity contribution in [1.82, 2.24) is 9.97 Å². The van der Waals surface area contributed by atoms with Gasteiger partial charge >= 0.3 is 0 Å². The number of aryl methyl sites for hydroxylation is 1. The summed E-state index contributed by atoms with van der Waals surface area (Å²) < 4.78 is 12.9. The Morgan fingerprint density at radius 1 is 1.44 bits per heavy atom. The average Bonchev–Trinajstić information content (AvgIpc) is 2.86. The van der Waals surface area contributed by atoms with Crippen LogP contribution in [0.4, 0.5) is 4.39 Å². The molecule has 0 aromatic carbocycles. The van der Waals surface area contributed by atoms with E-state index >= 15 is 0 Å². The van der Waals surface area contributed by atoms with Gasteiger partial charge in [-0.1, -0.05) is 0 Å². The first-order valence-electron chi connectivity index (χ1n) is 5.34. The van der Waals surface area contributed by atoms with Gasteiger partial charge in [0.1, 0.15) is 10.7 Å². The number of thiophene rings is 2. The van der Waals surface area contributed by atoms with Gasteiger partial charge in [0.05, 0.1) is 5.39 Å². The van der Waals surface area contributed by atoms with Crippen molar-refractivity contribution in [2.75, 3.05) is 0 Å². The first-order valence-corrected chi connectivity index (χ1v) is 7.04. The number of fused-ring (bicyclic) bond motifs is 1. The Bertz CT molecular complexity index is 772. The molecule has 3 heterocycles. The highest BCUT2D eigenvalue weighted by Gasteiger charge is 2.09. The molecule has 0 aliphatic rings. The molecule has 0 radical (unpaired) electrons. The van der Waals surface area contributed by atoms with Gasteiger partial charge in [0, 0.05) is 11.3 Å². The van der Waals surface area contributed by atoms with Crippen molar-refractivity contribution in [1.29, 1.82) is 0 Å². The molecule has 0 atom stereocenters. The lowest BCUT2D eigenvalue weighted by Gasteiger charge is -1.98. The van der Waals surface area contributed by atoms with Crippen LogP contribution < -0.4 is 5.56 Å². The van der Waals surface area contributed by atoms with Crippen LogP contribution in [-0.4, -0.2) is 9.97 Å². The molecule has 0 amide bonds. The molecule has 0 saturated heterocycles. The lowest BCUT2D eigenvalue weighted by Crippen LogP contribution is -2.11. The van der Waals surface area contributed by atoms with Crippen LogP contribution in [0, 0.1) is 12.1 Å². The summed E-state index contributed by atoms with van der Waals surface area (Å²) in [6, 6.07) is 3.13. The van der Waals surface area contributed by atoms with Crippen molar-refractivity contribution in [2.24, 2.45) is 0 Å². The molecule has 0 saturated carbocycles. The molecule has 3 nitrogen and oxygen atoms in total. The molecule has 3 aromatic heterocycles. The van der Waals surface area contributed by atoms with Gasteiger partial charge in [-0.05, 0) is 30.0 Å². The van der Waals surface area contributed by atoms with Crippen molar-refractivity contribution in [3.63, 3.8) is 0 Å². The first kappa shape index (κ1) is 11.6. The number of nitrogens with zero attached hydrogens (tertiary/aromatic N) is 1. The zero-order chi connectivity index (χ0) is 12.7.